The van der Waals surface area contributed by atoms with Crippen LogP contribution < -0.4 is 0 Å². The van der Waals surface area contributed by atoms with Crippen molar-refractivity contribution in [1.29, 1.82) is 5.26 Å². The molecule has 0 bridgehead atoms. The van der Waals surface area contributed by atoms with E-state index in [-0.39, 0.29) is 5.65 Å². The van der Waals surface area contributed by atoms with Crippen molar-refractivity contribution in [2.24, 2.45) is 0 Å². The summed E-state index contributed by atoms with van der Waals surface area (Å²) in [5, 5.41) is 8.66. The molecule has 0 fully saturated rings. The minimum atomic E-state index is -4.60. The second kappa shape index (κ2) is 2.98. The minimum absolute atomic E-state index is 0.112. The lowest BCUT2D eigenvalue weighted by Crippen LogP contribution is -2.08. The molecule has 3 nitrogen and oxygen atoms in total. The zero-order chi connectivity index (χ0) is 11.1. The van der Waals surface area contributed by atoms with Gasteiger partial charge in [-0.3, -0.25) is 4.40 Å². The summed E-state index contributed by atoms with van der Waals surface area (Å²) in [5.41, 5.74) is -1.52. The summed E-state index contributed by atoms with van der Waals surface area (Å²) in [5.74, 6) is 0. The molecule has 2 aromatic rings. The maximum absolute atomic E-state index is 12.4. The Balaban J connectivity index is 2.83. The third-order valence-electron chi connectivity index (χ3n) is 1.90. The highest BCUT2D eigenvalue weighted by Crippen LogP contribution is 2.31. The molecule has 76 valence electrons. The Hall–Kier alpha value is -2.03. The maximum Gasteiger partial charge on any atom is 0.436 e. The predicted octanol–water partition coefficient (Wildman–Crippen LogP) is 2.22. The van der Waals surface area contributed by atoms with Gasteiger partial charge in [0.1, 0.15) is 11.7 Å². The average molecular weight is 211 g/mol. The molecule has 2 rings (SSSR count). The molecule has 0 aliphatic carbocycles. The first-order valence-corrected chi connectivity index (χ1v) is 3.98. The van der Waals surface area contributed by atoms with Crippen LogP contribution in [-0.2, 0) is 6.18 Å². The summed E-state index contributed by atoms with van der Waals surface area (Å²) in [7, 11) is 0. The highest BCUT2D eigenvalue weighted by atomic mass is 19.4. The number of hydrogen-bond acceptors (Lipinski definition) is 2. The Kier molecular flexibility index (Phi) is 1.89. The number of imidazole rings is 1. The molecule has 0 saturated heterocycles. The van der Waals surface area contributed by atoms with E-state index in [0.717, 1.165) is 4.40 Å². The van der Waals surface area contributed by atoms with Gasteiger partial charge in [-0.2, -0.15) is 18.4 Å². The smallest absolute Gasteiger partial charge is 0.291 e. The second-order valence-corrected chi connectivity index (χ2v) is 2.85. The molecule has 0 radical (unpaired) electrons. The van der Waals surface area contributed by atoms with Crippen molar-refractivity contribution in [3.63, 3.8) is 0 Å². The van der Waals surface area contributed by atoms with Gasteiger partial charge in [0, 0.05) is 6.20 Å². The van der Waals surface area contributed by atoms with Gasteiger partial charge >= 0.3 is 6.18 Å². The fraction of sp³-hybridized carbons (Fsp3) is 0.111. The molecule has 0 unspecified atom stereocenters. The van der Waals surface area contributed by atoms with E-state index in [0.29, 0.717) is 0 Å². The van der Waals surface area contributed by atoms with E-state index in [1.807, 2.05) is 0 Å². The first-order chi connectivity index (χ1) is 7.04. The highest BCUT2D eigenvalue weighted by Gasteiger charge is 2.37. The van der Waals surface area contributed by atoms with Crippen molar-refractivity contribution >= 4 is 5.65 Å². The highest BCUT2D eigenvalue weighted by molar-refractivity contribution is 5.47. The first kappa shape index (κ1) is 9.52. The van der Waals surface area contributed by atoms with Gasteiger partial charge in [0.25, 0.3) is 0 Å². The van der Waals surface area contributed by atoms with Crippen LogP contribution in [0.5, 0.6) is 0 Å². The van der Waals surface area contributed by atoms with Gasteiger partial charge < -0.3 is 0 Å². The molecule has 6 heteroatoms. The van der Waals surface area contributed by atoms with Crippen molar-refractivity contribution in [2.45, 2.75) is 6.18 Å². The Morgan fingerprint density at radius 1 is 1.33 bits per heavy atom. The van der Waals surface area contributed by atoms with Crippen LogP contribution in [0.15, 0.2) is 24.4 Å². The van der Waals surface area contributed by atoms with E-state index >= 15 is 0 Å². The van der Waals surface area contributed by atoms with Crippen LogP contribution in [0.25, 0.3) is 5.65 Å². The van der Waals surface area contributed by atoms with E-state index < -0.39 is 17.6 Å². The Labute approximate surface area is 82.4 Å². The molecule has 0 aliphatic rings. The lowest BCUT2D eigenvalue weighted by molar-refractivity contribution is -0.141. The number of rotatable bonds is 0. The van der Waals surface area contributed by atoms with Gasteiger partial charge in [0.15, 0.2) is 11.4 Å². The molecule has 0 aliphatic heterocycles. The second-order valence-electron chi connectivity index (χ2n) is 2.85. The molecule has 0 atom stereocenters. The number of pyridine rings is 1. The van der Waals surface area contributed by atoms with Crippen molar-refractivity contribution in [1.82, 2.24) is 9.38 Å². The number of nitriles is 1. The monoisotopic (exact) mass is 211 g/mol. The molecule has 2 aromatic heterocycles. The summed E-state index contributed by atoms with van der Waals surface area (Å²) in [6.45, 7) is 0. The van der Waals surface area contributed by atoms with Crippen molar-refractivity contribution in [2.75, 3.05) is 0 Å². The van der Waals surface area contributed by atoms with Crippen LogP contribution in [-0.4, -0.2) is 9.38 Å². The fourth-order valence-electron chi connectivity index (χ4n) is 1.30. The molecule has 2 heterocycles. The van der Waals surface area contributed by atoms with Crippen molar-refractivity contribution in [3.8, 4) is 6.07 Å². The van der Waals surface area contributed by atoms with E-state index in [2.05, 4.69) is 4.98 Å². The predicted molar refractivity (Wildman–Crippen MR) is 44.9 cm³/mol. The maximum atomic E-state index is 12.4. The van der Waals surface area contributed by atoms with E-state index in [9.17, 15) is 13.2 Å². The molecule has 0 amide bonds. The van der Waals surface area contributed by atoms with Crippen molar-refractivity contribution in [3.05, 3.63) is 35.8 Å². The molecular weight excluding hydrogens is 207 g/mol. The lowest BCUT2D eigenvalue weighted by Gasteiger charge is -2.01. The fourth-order valence-corrected chi connectivity index (χ4v) is 1.30. The number of nitrogens with zero attached hydrogens (tertiary/aromatic N) is 3. The zero-order valence-corrected chi connectivity index (χ0v) is 7.28. The summed E-state index contributed by atoms with van der Waals surface area (Å²) in [6, 6.07) is 6.01. The van der Waals surface area contributed by atoms with Gasteiger partial charge in [-0.25, -0.2) is 4.98 Å². The van der Waals surface area contributed by atoms with Gasteiger partial charge in [-0.05, 0) is 12.1 Å². The van der Waals surface area contributed by atoms with Crippen LogP contribution in [0.3, 0.4) is 0 Å². The summed E-state index contributed by atoms with van der Waals surface area (Å²) in [4.78, 5) is 3.37. The Morgan fingerprint density at radius 2 is 2.07 bits per heavy atom. The molecular formula is C9H4F3N3. The largest absolute Gasteiger partial charge is 0.436 e. The van der Waals surface area contributed by atoms with Crippen LogP contribution in [0.4, 0.5) is 13.2 Å². The summed E-state index contributed by atoms with van der Waals surface area (Å²) >= 11 is 0. The van der Waals surface area contributed by atoms with Gasteiger partial charge in [-0.15, -0.1) is 0 Å². The average Bonchev–Trinajstić information content (AvgIpc) is 2.55. The summed E-state index contributed by atoms with van der Waals surface area (Å²) < 4.78 is 38.5. The summed E-state index contributed by atoms with van der Waals surface area (Å²) in [6.07, 6.45) is -3.23. The molecule has 0 aromatic carbocycles. The standard InChI is InChI=1S/C9H4F3N3/c10-9(11,12)8-6(5-13)15-4-2-1-3-7(15)14-8/h1-4H. The van der Waals surface area contributed by atoms with E-state index in [1.165, 1.54) is 24.4 Å². The van der Waals surface area contributed by atoms with Gasteiger partial charge in [0.2, 0.25) is 0 Å². The molecule has 0 saturated carbocycles. The Bertz CT molecular complexity index is 548. The minimum Gasteiger partial charge on any atom is -0.291 e. The van der Waals surface area contributed by atoms with Crippen molar-refractivity contribution < 1.29 is 13.2 Å². The number of fused-ring (bicyclic) bond motifs is 1. The van der Waals surface area contributed by atoms with Gasteiger partial charge in [-0.1, -0.05) is 6.07 Å². The van der Waals surface area contributed by atoms with Gasteiger partial charge in [0.05, 0.1) is 0 Å². The Morgan fingerprint density at radius 3 is 2.67 bits per heavy atom. The SMILES string of the molecule is N#Cc1c(C(F)(F)F)nc2ccccn12. The van der Waals surface area contributed by atoms with Crippen LogP contribution >= 0.6 is 0 Å². The topological polar surface area (TPSA) is 41.1 Å². The van der Waals surface area contributed by atoms with Crippen LogP contribution in [0.2, 0.25) is 0 Å². The number of aromatic nitrogens is 2. The molecule has 0 N–H and O–H groups in total. The van der Waals surface area contributed by atoms with E-state index in [4.69, 9.17) is 5.26 Å². The molecule has 0 spiro atoms. The third kappa shape index (κ3) is 1.42. The van der Waals surface area contributed by atoms with Crippen LogP contribution in [0, 0.1) is 11.3 Å². The zero-order valence-electron chi connectivity index (χ0n) is 7.28. The van der Waals surface area contributed by atoms with Crippen LogP contribution in [0.1, 0.15) is 11.4 Å². The normalized spacial score (nSPS) is 11.6. The third-order valence-corrected chi connectivity index (χ3v) is 1.90. The lowest BCUT2D eigenvalue weighted by atomic mass is 10.3. The number of hydrogen-bond donors (Lipinski definition) is 0. The molecule has 15 heavy (non-hydrogen) atoms. The number of alkyl halides is 3. The first-order valence-electron chi connectivity index (χ1n) is 3.98. The quantitative estimate of drug-likeness (QED) is 0.670. The number of halogens is 3. The van der Waals surface area contributed by atoms with E-state index in [1.54, 1.807) is 6.07 Å².